The maximum absolute atomic E-state index is 12.0. The van der Waals surface area contributed by atoms with E-state index in [-0.39, 0.29) is 5.78 Å². The smallest absolute Gasteiger partial charge is 0.314 e. The number of alkyl halides is 1. The van der Waals surface area contributed by atoms with Crippen molar-refractivity contribution in [3.05, 3.63) is 0 Å². The van der Waals surface area contributed by atoms with Gasteiger partial charge in [-0.1, -0.05) is 15.9 Å². The molecule has 0 saturated carbocycles. The van der Waals surface area contributed by atoms with E-state index in [1.807, 2.05) is 0 Å². The van der Waals surface area contributed by atoms with Crippen LogP contribution in [0.4, 0.5) is 0 Å². The molecule has 2 atom stereocenters. The van der Waals surface area contributed by atoms with Gasteiger partial charge in [-0.3, -0.25) is 14.4 Å². The van der Waals surface area contributed by atoms with Crippen molar-refractivity contribution in [1.29, 1.82) is 0 Å². The van der Waals surface area contributed by atoms with Crippen molar-refractivity contribution in [2.75, 3.05) is 14.2 Å². The number of hydrogen-bond acceptors (Lipinski definition) is 5. The first-order valence-corrected chi connectivity index (χ1v) is 6.30. The first kappa shape index (κ1) is 17.1. The van der Waals surface area contributed by atoms with Crippen molar-refractivity contribution in [3.63, 3.8) is 0 Å². The quantitative estimate of drug-likeness (QED) is 0.569. The van der Waals surface area contributed by atoms with E-state index in [1.165, 1.54) is 28.1 Å². The van der Waals surface area contributed by atoms with Gasteiger partial charge in [-0.2, -0.15) is 0 Å². The van der Waals surface area contributed by atoms with Crippen LogP contribution in [-0.4, -0.2) is 36.8 Å². The van der Waals surface area contributed by atoms with E-state index in [2.05, 4.69) is 15.9 Å². The van der Waals surface area contributed by atoms with Crippen LogP contribution >= 0.6 is 15.9 Å². The van der Waals surface area contributed by atoms with Gasteiger partial charge in [-0.15, -0.1) is 0 Å². The Morgan fingerprint density at radius 1 is 1.00 bits per heavy atom. The molecule has 0 spiro atoms. The summed E-state index contributed by atoms with van der Waals surface area (Å²) in [6.45, 7) is 5.95. The van der Waals surface area contributed by atoms with Crippen LogP contribution in [0.2, 0.25) is 0 Å². The van der Waals surface area contributed by atoms with Crippen LogP contribution in [0.25, 0.3) is 0 Å². The lowest BCUT2D eigenvalue weighted by Gasteiger charge is -2.41. The Morgan fingerprint density at radius 2 is 1.39 bits per heavy atom. The molecule has 0 amide bonds. The molecule has 0 N–H and O–H groups in total. The molecule has 0 rings (SSSR count). The van der Waals surface area contributed by atoms with Gasteiger partial charge in [0.05, 0.1) is 24.5 Å². The van der Waals surface area contributed by atoms with Crippen LogP contribution in [-0.2, 0) is 23.9 Å². The summed E-state index contributed by atoms with van der Waals surface area (Å²) in [4.78, 5) is 34.6. The second-order valence-electron chi connectivity index (χ2n) is 4.78. The summed E-state index contributed by atoms with van der Waals surface area (Å²) >= 11 is 3.18. The molecule has 0 aromatic carbocycles. The third kappa shape index (κ3) is 2.58. The van der Waals surface area contributed by atoms with Crippen LogP contribution in [0.3, 0.4) is 0 Å². The number of Topliss-reactive ketones (excluding diaryl/α,β-unsaturated/α-hetero) is 1. The highest BCUT2D eigenvalue weighted by molar-refractivity contribution is 9.10. The number of esters is 2. The number of hydrogen-bond donors (Lipinski definition) is 0. The molecule has 18 heavy (non-hydrogen) atoms. The van der Waals surface area contributed by atoms with Gasteiger partial charge in [0.1, 0.15) is 11.2 Å². The maximum Gasteiger partial charge on any atom is 0.314 e. The van der Waals surface area contributed by atoms with Gasteiger partial charge in [0, 0.05) is 0 Å². The van der Waals surface area contributed by atoms with Crippen molar-refractivity contribution in [3.8, 4) is 0 Å². The third-order valence-corrected chi connectivity index (χ3v) is 5.03. The van der Waals surface area contributed by atoms with E-state index in [0.717, 1.165) is 0 Å². The molecule has 0 radical (unpaired) electrons. The maximum atomic E-state index is 12.0. The Morgan fingerprint density at radius 3 is 1.67 bits per heavy atom. The Balaban J connectivity index is 5.84. The molecular formula is C12H19BrO5. The lowest BCUT2D eigenvalue weighted by atomic mass is 9.64. The minimum atomic E-state index is -1.36. The zero-order chi connectivity index (χ0) is 14.7. The minimum absolute atomic E-state index is 0.264. The highest BCUT2D eigenvalue weighted by Gasteiger charge is 2.58. The normalized spacial score (nSPS) is 16.4. The van der Waals surface area contributed by atoms with E-state index in [1.54, 1.807) is 13.8 Å². The van der Waals surface area contributed by atoms with Crippen LogP contribution in [0, 0.1) is 10.8 Å². The zero-order valence-corrected chi connectivity index (χ0v) is 13.1. The number of halogens is 1. The summed E-state index contributed by atoms with van der Waals surface area (Å²) < 4.78 is 9.45. The third-order valence-electron chi connectivity index (χ3n) is 3.47. The second-order valence-corrected chi connectivity index (χ2v) is 5.70. The van der Waals surface area contributed by atoms with Crippen LogP contribution in [0.1, 0.15) is 27.7 Å². The van der Waals surface area contributed by atoms with Gasteiger partial charge in [-0.05, 0) is 27.7 Å². The molecule has 0 aliphatic carbocycles. The molecular weight excluding hydrogens is 304 g/mol. The number of rotatable bonds is 5. The lowest BCUT2D eigenvalue weighted by molar-refractivity contribution is -0.174. The standard InChI is InChI=1S/C12H19BrO5/c1-7(14)8(13)12(4,10(16)18-6)11(2,3)9(15)17-5/h8H,1-6H3. The molecule has 0 aliphatic heterocycles. The summed E-state index contributed by atoms with van der Waals surface area (Å²) in [6, 6.07) is 0. The average Bonchev–Trinajstić information content (AvgIpc) is 2.33. The molecule has 0 aromatic rings. The van der Waals surface area contributed by atoms with Crippen LogP contribution in [0.5, 0.6) is 0 Å². The van der Waals surface area contributed by atoms with E-state index < -0.39 is 27.6 Å². The fraction of sp³-hybridized carbons (Fsp3) is 0.750. The van der Waals surface area contributed by atoms with Crippen molar-refractivity contribution < 1.29 is 23.9 Å². The molecule has 0 saturated heterocycles. The summed E-state index contributed by atoms with van der Waals surface area (Å²) in [7, 11) is 2.45. The highest BCUT2D eigenvalue weighted by atomic mass is 79.9. The SMILES string of the molecule is COC(=O)C(C)(C)C(C)(C(=O)OC)C(Br)C(C)=O. The van der Waals surface area contributed by atoms with E-state index in [4.69, 9.17) is 9.47 Å². The molecule has 0 aromatic heterocycles. The van der Waals surface area contributed by atoms with Gasteiger partial charge < -0.3 is 9.47 Å². The summed E-state index contributed by atoms with van der Waals surface area (Å²) in [5.41, 5.74) is -2.57. The summed E-state index contributed by atoms with van der Waals surface area (Å²) in [5.74, 6) is -1.49. The van der Waals surface area contributed by atoms with Gasteiger partial charge in [0.25, 0.3) is 0 Å². The molecule has 2 unspecified atom stereocenters. The molecule has 0 aliphatic rings. The fourth-order valence-electron chi connectivity index (χ4n) is 1.76. The Hall–Kier alpha value is -0.910. The van der Waals surface area contributed by atoms with Crippen molar-refractivity contribution in [1.82, 2.24) is 0 Å². The first-order chi connectivity index (χ1) is 8.07. The summed E-state index contributed by atoms with van der Waals surface area (Å²) in [6.07, 6.45) is 0. The predicted molar refractivity (Wildman–Crippen MR) is 69.3 cm³/mol. The zero-order valence-electron chi connectivity index (χ0n) is 11.5. The number of ether oxygens (including phenoxy) is 2. The Labute approximate surface area is 115 Å². The summed E-state index contributed by atoms with van der Waals surface area (Å²) in [5, 5.41) is 0. The van der Waals surface area contributed by atoms with Gasteiger partial charge in [0.15, 0.2) is 0 Å². The lowest BCUT2D eigenvalue weighted by Crippen LogP contribution is -2.55. The molecule has 0 bridgehead atoms. The van der Waals surface area contributed by atoms with Gasteiger partial charge in [-0.25, -0.2) is 0 Å². The van der Waals surface area contributed by atoms with Crippen molar-refractivity contribution in [2.45, 2.75) is 32.5 Å². The first-order valence-electron chi connectivity index (χ1n) is 5.38. The molecule has 6 heteroatoms. The number of ketones is 1. The van der Waals surface area contributed by atoms with Crippen molar-refractivity contribution >= 4 is 33.7 Å². The van der Waals surface area contributed by atoms with E-state index in [9.17, 15) is 14.4 Å². The Kier molecular flexibility index (Phi) is 5.53. The monoisotopic (exact) mass is 322 g/mol. The topological polar surface area (TPSA) is 69.7 Å². The molecule has 0 fully saturated rings. The average molecular weight is 323 g/mol. The van der Waals surface area contributed by atoms with Gasteiger partial charge >= 0.3 is 11.9 Å². The van der Waals surface area contributed by atoms with Crippen molar-refractivity contribution in [2.24, 2.45) is 10.8 Å². The van der Waals surface area contributed by atoms with E-state index >= 15 is 0 Å². The second kappa shape index (κ2) is 5.82. The Bertz CT molecular complexity index is 363. The minimum Gasteiger partial charge on any atom is -0.469 e. The highest BCUT2D eigenvalue weighted by Crippen LogP contribution is 2.46. The van der Waals surface area contributed by atoms with E-state index in [0.29, 0.717) is 0 Å². The van der Waals surface area contributed by atoms with Crippen LogP contribution < -0.4 is 0 Å². The molecule has 104 valence electrons. The predicted octanol–water partition coefficient (Wildman–Crippen LogP) is 1.72. The molecule has 5 nitrogen and oxygen atoms in total. The fourth-order valence-corrected chi connectivity index (χ4v) is 2.52. The van der Waals surface area contributed by atoms with Gasteiger partial charge in [0.2, 0.25) is 0 Å². The number of carbonyl (C=O) groups is 3. The largest absolute Gasteiger partial charge is 0.469 e. The molecule has 0 heterocycles. The number of carbonyl (C=O) groups excluding carboxylic acids is 3. The number of methoxy groups -OCH3 is 2. The van der Waals surface area contributed by atoms with Crippen LogP contribution in [0.15, 0.2) is 0 Å².